The zero-order chi connectivity index (χ0) is 16.0. The summed E-state index contributed by atoms with van der Waals surface area (Å²) in [6.07, 6.45) is 0.664. The van der Waals surface area contributed by atoms with E-state index < -0.39 is 16.8 Å². The third kappa shape index (κ3) is 4.04. The minimum atomic E-state index is -0.563. The SMILES string of the molecule is CCCN(CC(=O)OCC)C(=O)c1ccc([N+](=O)[O-])n1C. The van der Waals surface area contributed by atoms with E-state index in [-0.39, 0.29) is 24.7 Å². The van der Waals surface area contributed by atoms with E-state index in [4.69, 9.17) is 4.74 Å². The number of ether oxygens (including phenoxy) is 1. The minimum absolute atomic E-state index is 0.166. The maximum absolute atomic E-state index is 12.4. The quantitative estimate of drug-likeness (QED) is 0.430. The molecular weight excluding hydrogens is 278 g/mol. The van der Waals surface area contributed by atoms with E-state index in [1.54, 1.807) is 6.92 Å². The molecule has 0 radical (unpaired) electrons. The van der Waals surface area contributed by atoms with Crippen molar-refractivity contribution in [3.05, 3.63) is 27.9 Å². The molecule has 0 saturated carbocycles. The smallest absolute Gasteiger partial charge is 0.325 e. The van der Waals surface area contributed by atoms with E-state index in [1.807, 2.05) is 6.92 Å². The largest absolute Gasteiger partial charge is 0.465 e. The summed E-state index contributed by atoms with van der Waals surface area (Å²) in [6, 6.07) is 2.65. The molecule has 0 spiro atoms. The summed E-state index contributed by atoms with van der Waals surface area (Å²) in [6.45, 7) is 4.00. The lowest BCUT2D eigenvalue weighted by Crippen LogP contribution is -2.38. The first-order chi connectivity index (χ1) is 9.92. The zero-order valence-corrected chi connectivity index (χ0v) is 12.4. The lowest BCUT2D eigenvalue weighted by molar-refractivity contribution is -0.391. The van der Waals surface area contributed by atoms with Crippen molar-refractivity contribution in [3.8, 4) is 0 Å². The number of hydrogen-bond acceptors (Lipinski definition) is 5. The summed E-state index contributed by atoms with van der Waals surface area (Å²) in [5, 5.41) is 10.8. The molecule has 1 aromatic heterocycles. The van der Waals surface area contributed by atoms with Crippen LogP contribution < -0.4 is 0 Å². The van der Waals surface area contributed by atoms with Crippen LogP contribution in [0.2, 0.25) is 0 Å². The van der Waals surface area contributed by atoms with E-state index in [2.05, 4.69) is 0 Å². The highest BCUT2D eigenvalue weighted by molar-refractivity contribution is 5.95. The number of aromatic nitrogens is 1. The molecule has 21 heavy (non-hydrogen) atoms. The summed E-state index contributed by atoms with van der Waals surface area (Å²) >= 11 is 0. The molecule has 116 valence electrons. The second-order valence-electron chi connectivity index (χ2n) is 4.42. The van der Waals surface area contributed by atoms with Crippen LogP contribution in [0.1, 0.15) is 30.8 Å². The predicted molar refractivity (Wildman–Crippen MR) is 74.9 cm³/mol. The fourth-order valence-corrected chi connectivity index (χ4v) is 1.95. The topological polar surface area (TPSA) is 94.7 Å². The van der Waals surface area contributed by atoms with Crippen LogP contribution in [-0.4, -0.2) is 46.0 Å². The van der Waals surface area contributed by atoms with Gasteiger partial charge in [-0.2, -0.15) is 0 Å². The van der Waals surface area contributed by atoms with Crippen LogP contribution in [0.5, 0.6) is 0 Å². The molecule has 1 rings (SSSR count). The van der Waals surface area contributed by atoms with Crippen LogP contribution in [-0.2, 0) is 16.6 Å². The maximum atomic E-state index is 12.4. The summed E-state index contributed by atoms with van der Waals surface area (Å²) in [5.41, 5.74) is 0.166. The van der Waals surface area contributed by atoms with Gasteiger partial charge in [0.25, 0.3) is 5.91 Å². The normalized spacial score (nSPS) is 10.2. The van der Waals surface area contributed by atoms with Crippen molar-refractivity contribution in [2.75, 3.05) is 19.7 Å². The number of nitro groups is 1. The summed E-state index contributed by atoms with van der Waals surface area (Å²) < 4.78 is 6.04. The van der Waals surface area contributed by atoms with Crippen LogP contribution in [0, 0.1) is 10.1 Å². The van der Waals surface area contributed by atoms with Gasteiger partial charge in [-0.1, -0.05) is 6.92 Å². The molecule has 1 aromatic rings. The highest BCUT2D eigenvalue weighted by Gasteiger charge is 2.26. The van der Waals surface area contributed by atoms with E-state index in [0.717, 1.165) is 0 Å². The Morgan fingerprint density at radius 1 is 1.38 bits per heavy atom. The molecule has 1 amide bonds. The van der Waals surface area contributed by atoms with Crippen molar-refractivity contribution in [3.63, 3.8) is 0 Å². The van der Waals surface area contributed by atoms with Crippen molar-refractivity contribution < 1.29 is 19.2 Å². The van der Waals surface area contributed by atoms with E-state index >= 15 is 0 Å². The van der Waals surface area contributed by atoms with Crippen LogP contribution in [0.25, 0.3) is 0 Å². The van der Waals surface area contributed by atoms with Crippen LogP contribution in [0.3, 0.4) is 0 Å². The fourth-order valence-electron chi connectivity index (χ4n) is 1.95. The Morgan fingerprint density at radius 3 is 2.52 bits per heavy atom. The van der Waals surface area contributed by atoms with Crippen molar-refractivity contribution in [1.29, 1.82) is 0 Å². The lowest BCUT2D eigenvalue weighted by Gasteiger charge is -2.20. The van der Waals surface area contributed by atoms with Gasteiger partial charge in [0.15, 0.2) is 5.69 Å². The third-order valence-electron chi connectivity index (χ3n) is 2.91. The lowest BCUT2D eigenvalue weighted by atomic mass is 10.3. The van der Waals surface area contributed by atoms with Gasteiger partial charge in [-0.05, 0) is 24.3 Å². The van der Waals surface area contributed by atoms with Crippen molar-refractivity contribution >= 4 is 17.7 Å². The Kier molecular flexibility index (Phi) is 5.89. The molecule has 0 unspecified atom stereocenters. The van der Waals surface area contributed by atoms with E-state index in [1.165, 1.54) is 28.6 Å². The highest BCUT2D eigenvalue weighted by atomic mass is 16.6. The molecule has 0 aliphatic rings. The monoisotopic (exact) mass is 297 g/mol. The average molecular weight is 297 g/mol. The molecule has 0 atom stereocenters. The van der Waals surface area contributed by atoms with Crippen molar-refractivity contribution in [2.45, 2.75) is 20.3 Å². The van der Waals surface area contributed by atoms with Gasteiger partial charge in [-0.25, -0.2) is 4.57 Å². The Bertz CT molecular complexity index is 538. The number of carbonyl (C=O) groups excluding carboxylic acids is 2. The minimum Gasteiger partial charge on any atom is -0.465 e. The number of esters is 1. The number of hydrogen-bond donors (Lipinski definition) is 0. The van der Waals surface area contributed by atoms with Gasteiger partial charge in [0.05, 0.1) is 13.7 Å². The van der Waals surface area contributed by atoms with Crippen molar-refractivity contribution in [2.24, 2.45) is 7.05 Å². The molecule has 0 aliphatic carbocycles. The Labute approximate surface area is 122 Å². The average Bonchev–Trinajstić information content (AvgIpc) is 2.79. The third-order valence-corrected chi connectivity index (χ3v) is 2.91. The molecule has 1 heterocycles. The molecule has 0 fully saturated rings. The number of rotatable bonds is 7. The Morgan fingerprint density at radius 2 is 2.05 bits per heavy atom. The summed E-state index contributed by atoms with van der Waals surface area (Å²) in [5.74, 6) is -1.10. The predicted octanol–water partition coefficient (Wildman–Crippen LogP) is 1.35. The molecule has 0 bridgehead atoms. The number of carbonyl (C=O) groups is 2. The number of amides is 1. The molecule has 8 heteroatoms. The van der Waals surface area contributed by atoms with Crippen molar-refractivity contribution in [1.82, 2.24) is 9.47 Å². The Hall–Kier alpha value is -2.38. The number of nitrogens with zero attached hydrogens (tertiary/aromatic N) is 3. The van der Waals surface area contributed by atoms with Gasteiger partial charge in [-0.3, -0.25) is 9.59 Å². The van der Waals surface area contributed by atoms with Gasteiger partial charge >= 0.3 is 11.8 Å². The standard InChI is InChI=1S/C13H19N3O5/c1-4-8-15(9-12(17)21-5-2)13(18)10-6-7-11(14(10)3)16(19)20/h6-7H,4-5,8-9H2,1-3H3. The fraction of sp³-hybridized carbons (Fsp3) is 0.538. The molecule has 0 N–H and O–H groups in total. The first-order valence-electron chi connectivity index (χ1n) is 6.67. The van der Waals surface area contributed by atoms with Gasteiger partial charge in [0, 0.05) is 12.6 Å². The highest BCUT2D eigenvalue weighted by Crippen LogP contribution is 2.16. The zero-order valence-electron chi connectivity index (χ0n) is 12.4. The molecular formula is C13H19N3O5. The van der Waals surface area contributed by atoms with Crippen LogP contribution in [0.4, 0.5) is 5.82 Å². The molecule has 0 aliphatic heterocycles. The maximum Gasteiger partial charge on any atom is 0.325 e. The summed E-state index contributed by atoms with van der Waals surface area (Å²) in [4.78, 5) is 35.5. The second-order valence-corrected chi connectivity index (χ2v) is 4.42. The first kappa shape index (κ1) is 16.7. The first-order valence-corrected chi connectivity index (χ1v) is 6.67. The van der Waals surface area contributed by atoms with Gasteiger partial charge in [-0.15, -0.1) is 0 Å². The van der Waals surface area contributed by atoms with Gasteiger partial charge in [0.1, 0.15) is 6.54 Å². The second kappa shape index (κ2) is 7.41. The summed E-state index contributed by atoms with van der Waals surface area (Å²) in [7, 11) is 1.44. The van der Waals surface area contributed by atoms with E-state index in [9.17, 15) is 19.7 Å². The van der Waals surface area contributed by atoms with Crippen LogP contribution in [0.15, 0.2) is 12.1 Å². The van der Waals surface area contributed by atoms with Crippen LogP contribution >= 0.6 is 0 Å². The molecule has 8 nitrogen and oxygen atoms in total. The van der Waals surface area contributed by atoms with Gasteiger partial charge in [0.2, 0.25) is 0 Å². The van der Waals surface area contributed by atoms with E-state index in [0.29, 0.717) is 13.0 Å². The molecule has 0 saturated heterocycles. The van der Waals surface area contributed by atoms with Gasteiger partial charge < -0.3 is 19.8 Å². The molecule has 0 aromatic carbocycles. The Balaban J connectivity index is 2.95.